The number of nitrogens with zero attached hydrogens (tertiary/aromatic N) is 2. The number of fused-ring (bicyclic) bond motifs is 1. The second-order valence-corrected chi connectivity index (χ2v) is 8.71. The maximum atomic E-state index is 13.3. The highest BCUT2D eigenvalue weighted by atomic mass is 79.9. The van der Waals surface area contributed by atoms with Gasteiger partial charge in [-0.25, -0.2) is 9.69 Å². The average Bonchev–Trinajstić information content (AvgIpc) is 2.73. The van der Waals surface area contributed by atoms with Crippen molar-refractivity contribution in [3.63, 3.8) is 0 Å². The third-order valence-electron chi connectivity index (χ3n) is 5.51. The smallest absolute Gasteiger partial charge is 0.325 e. The van der Waals surface area contributed by atoms with Crippen molar-refractivity contribution in [3.8, 4) is 0 Å². The Morgan fingerprint density at radius 2 is 1.66 bits per heavy atom. The maximum Gasteiger partial charge on any atom is 0.332 e. The van der Waals surface area contributed by atoms with Crippen LogP contribution < -0.4 is 10.2 Å². The molecule has 2 aliphatic rings. The van der Waals surface area contributed by atoms with Gasteiger partial charge in [0.25, 0.3) is 0 Å². The molecule has 0 aromatic heterocycles. The highest BCUT2D eigenvalue weighted by molar-refractivity contribution is 9.09. The summed E-state index contributed by atoms with van der Waals surface area (Å²) in [5, 5.41) is 2.83. The van der Waals surface area contributed by atoms with Gasteiger partial charge in [-0.2, -0.15) is 0 Å². The summed E-state index contributed by atoms with van der Waals surface area (Å²) in [4.78, 5) is 42.2. The summed E-state index contributed by atoms with van der Waals surface area (Å²) < 4.78 is 0. The van der Waals surface area contributed by atoms with Crippen LogP contribution in [0.25, 0.3) is 0 Å². The van der Waals surface area contributed by atoms with Gasteiger partial charge in [-0.05, 0) is 43.5 Å². The van der Waals surface area contributed by atoms with Gasteiger partial charge in [0.1, 0.15) is 6.54 Å². The molecule has 4 amide bonds. The molecule has 0 spiro atoms. The number of hydrogen-bond acceptors (Lipinski definition) is 3. The molecule has 2 aromatic carbocycles. The molecule has 2 fully saturated rings. The molecule has 1 saturated carbocycles. The minimum Gasteiger partial charge on any atom is -0.325 e. The molecule has 1 saturated heterocycles. The lowest BCUT2D eigenvalue weighted by atomic mass is 9.81. The molecule has 3 unspecified atom stereocenters. The molecule has 6 nitrogen and oxygen atoms in total. The van der Waals surface area contributed by atoms with E-state index in [4.69, 9.17) is 0 Å². The van der Waals surface area contributed by atoms with E-state index in [0.717, 1.165) is 6.42 Å². The van der Waals surface area contributed by atoms with Gasteiger partial charge in [-0.3, -0.25) is 9.59 Å². The maximum absolute atomic E-state index is 13.3. The fourth-order valence-corrected chi connectivity index (χ4v) is 4.82. The zero-order valence-electron chi connectivity index (χ0n) is 15.8. The fraction of sp³-hybridized carbons (Fsp3) is 0.318. The zero-order valence-corrected chi connectivity index (χ0v) is 17.4. The van der Waals surface area contributed by atoms with Crippen molar-refractivity contribution < 1.29 is 14.4 Å². The lowest BCUT2D eigenvalue weighted by molar-refractivity contribution is -0.128. The highest BCUT2D eigenvalue weighted by Crippen LogP contribution is 2.38. The molecule has 0 bridgehead atoms. The number of alkyl halides is 1. The Labute approximate surface area is 178 Å². The Morgan fingerprint density at radius 1 is 1.00 bits per heavy atom. The van der Waals surface area contributed by atoms with E-state index in [0.29, 0.717) is 24.2 Å². The van der Waals surface area contributed by atoms with E-state index in [1.54, 1.807) is 41.3 Å². The van der Waals surface area contributed by atoms with E-state index in [1.165, 1.54) is 4.90 Å². The molecule has 150 valence electrons. The summed E-state index contributed by atoms with van der Waals surface area (Å²) in [5.41, 5.74) is 1.21. The minimum atomic E-state index is -0.432. The largest absolute Gasteiger partial charge is 0.332 e. The van der Waals surface area contributed by atoms with Gasteiger partial charge in [0.2, 0.25) is 11.8 Å². The third kappa shape index (κ3) is 4.05. The van der Waals surface area contributed by atoms with Crippen LogP contribution in [-0.2, 0) is 9.59 Å². The second kappa shape index (κ2) is 8.37. The van der Waals surface area contributed by atoms with Gasteiger partial charge in [0.05, 0.1) is 11.6 Å². The predicted molar refractivity (Wildman–Crippen MR) is 115 cm³/mol. The van der Waals surface area contributed by atoms with Crippen molar-refractivity contribution in [2.75, 3.05) is 16.8 Å². The predicted octanol–water partition coefficient (Wildman–Crippen LogP) is 4.03. The minimum absolute atomic E-state index is 0.0849. The topological polar surface area (TPSA) is 69.7 Å². The number of carbonyl (C=O) groups excluding carboxylic acids is 3. The first-order valence-electron chi connectivity index (χ1n) is 9.73. The summed E-state index contributed by atoms with van der Waals surface area (Å²) in [7, 11) is 0. The monoisotopic (exact) mass is 455 g/mol. The van der Waals surface area contributed by atoms with E-state index >= 15 is 0 Å². The Morgan fingerprint density at radius 3 is 2.34 bits per heavy atom. The Balaban J connectivity index is 1.60. The molecule has 1 aliphatic heterocycles. The van der Waals surface area contributed by atoms with Crippen LogP contribution in [0.2, 0.25) is 0 Å². The summed E-state index contributed by atoms with van der Waals surface area (Å²) in [6.45, 7) is -0.0849. The van der Waals surface area contributed by atoms with E-state index in [1.807, 2.05) is 24.3 Å². The molecule has 1 aliphatic carbocycles. The van der Waals surface area contributed by atoms with Crippen LogP contribution in [0.1, 0.15) is 19.3 Å². The molecule has 7 heteroatoms. The van der Waals surface area contributed by atoms with Gasteiger partial charge < -0.3 is 10.2 Å². The standard InChI is InChI=1S/C22H22BrN3O3/c23-15-11-12-19-18(13-15)21(28)26(17-9-5-2-6-10-17)22(29)25(19)14-20(27)24-16-7-3-1-4-8-16/h1-10,15,18-19H,11-14H2,(H,24,27). The lowest BCUT2D eigenvalue weighted by Gasteiger charge is -2.47. The number of amides is 4. The quantitative estimate of drug-likeness (QED) is 0.707. The average molecular weight is 456 g/mol. The number of carbonyl (C=O) groups is 3. The highest BCUT2D eigenvalue weighted by Gasteiger charge is 2.49. The summed E-state index contributed by atoms with van der Waals surface area (Å²) in [5.74, 6) is -0.780. The number of nitrogens with one attached hydrogen (secondary N) is 1. The van der Waals surface area contributed by atoms with Crippen molar-refractivity contribution in [2.24, 2.45) is 5.92 Å². The van der Waals surface area contributed by atoms with Gasteiger partial charge in [0.15, 0.2) is 0 Å². The normalized spacial score (nSPS) is 24.2. The Bertz CT molecular complexity index is 906. The molecular formula is C22H22BrN3O3. The molecule has 29 heavy (non-hydrogen) atoms. The number of urea groups is 1. The van der Waals surface area contributed by atoms with Crippen molar-refractivity contribution >= 4 is 45.2 Å². The number of benzene rings is 2. The van der Waals surface area contributed by atoms with Crippen LogP contribution in [-0.4, -0.2) is 40.2 Å². The van der Waals surface area contributed by atoms with Gasteiger partial charge in [-0.1, -0.05) is 52.3 Å². The van der Waals surface area contributed by atoms with E-state index in [9.17, 15) is 14.4 Å². The van der Waals surface area contributed by atoms with E-state index in [2.05, 4.69) is 21.2 Å². The van der Waals surface area contributed by atoms with Crippen molar-refractivity contribution in [2.45, 2.75) is 30.1 Å². The first kappa shape index (κ1) is 19.6. The van der Waals surface area contributed by atoms with Crippen LogP contribution in [0.5, 0.6) is 0 Å². The van der Waals surface area contributed by atoms with Gasteiger partial charge in [-0.15, -0.1) is 0 Å². The van der Waals surface area contributed by atoms with Crippen LogP contribution in [0.4, 0.5) is 16.2 Å². The summed E-state index contributed by atoms with van der Waals surface area (Å²) >= 11 is 3.63. The van der Waals surface area contributed by atoms with E-state index < -0.39 is 6.03 Å². The molecule has 2 aromatic rings. The molecule has 0 radical (unpaired) electrons. The Hall–Kier alpha value is -2.67. The van der Waals surface area contributed by atoms with Crippen LogP contribution in [0.3, 0.4) is 0 Å². The first-order chi connectivity index (χ1) is 14.0. The third-order valence-corrected chi connectivity index (χ3v) is 6.34. The number of anilines is 2. The zero-order chi connectivity index (χ0) is 20.4. The molecule has 4 rings (SSSR count). The number of imide groups is 1. The Kier molecular flexibility index (Phi) is 5.67. The second-order valence-electron chi connectivity index (χ2n) is 7.42. The van der Waals surface area contributed by atoms with Crippen LogP contribution in [0.15, 0.2) is 60.7 Å². The van der Waals surface area contributed by atoms with Crippen molar-refractivity contribution in [3.05, 3.63) is 60.7 Å². The lowest BCUT2D eigenvalue weighted by Crippen LogP contribution is -2.64. The van der Waals surface area contributed by atoms with Crippen LogP contribution in [0, 0.1) is 5.92 Å². The van der Waals surface area contributed by atoms with Gasteiger partial charge >= 0.3 is 6.03 Å². The van der Waals surface area contributed by atoms with Crippen molar-refractivity contribution in [1.82, 2.24) is 4.90 Å². The van der Waals surface area contributed by atoms with E-state index in [-0.39, 0.29) is 35.1 Å². The van der Waals surface area contributed by atoms with Crippen molar-refractivity contribution in [1.29, 1.82) is 0 Å². The molecular weight excluding hydrogens is 434 g/mol. The molecule has 1 heterocycles. The summed E-state index contributed by atoms with van der Waals surface area (Å²) in [6, 6.07) is 17.4. The molecule has 1 N–H and O–H groups in total. The number of rotatable bonds is 4. The molecule has 3 atom stereocenters. The first-order valence-corrected chi connectivity index (χ1v) is 10.6. The van der Waals surface area contributed by atoms with Gasteiger partial charge in [0, 0.05) is 16.6 Å². The SMILES string of the molecule is O=C(CN1C(=O)N(c2ccccc2)C(=O)C2CC(Br)CCC21)Nc1ccccc1. The fourth-order valence-electron chi connectivity index (χ4n) is 4.15. The number of hydrogen-bond donors (Lipinski definition) is 1. The van der Waals surface area contributed by atoms with Crippen LogP contribution >= 0.6 is 15.9 Å². The number of para-hydroxylation sites is 2. The number of halogens is 1. The summed E-state index contributed by atoms with van der Waals surface area (Å²) in [6.07, 6.45) is 2.21.